The fourth-order valence-corrected chi connectivity index (χ4v) is 5.41. The fourth-order valence-electron chi connectivity index (χ4n) is 4.53. The first-order valence-corrected chi connectivity index (χ1v) is 10.8. The van der Waals surface area contributed by atoms with E-state index in [1.54, 1.807) is 11.3 Å². The number of fused-ring (bicyclic) bond motifs is 1. The summed E-state index contributed by atoms with van der Waals surface area (Å²) >= 11 is 1.58. The van der Waals surface area contributed by atoms with Gasteiger partial charge in [-0.2, -0.15) is 0 Å². The predicted molar refractivity (Wildman–Crippen MR) is 108 cm³/mol. The summed E-state index contributed by atoms with van der Waals surface area (Å²) < 4.78 is 11.2. The Kier molecular flexibility index (Phi) is 5.19. The van der Waals surface area contributed by atoms with Crippen LogP contribution in [0.3, 0.4) is 0 Å². The van der Waals surface area contributed by atoms with Gasteiger partial charge in [-0.05, 0) is 36.6 Å². The van der Waals surface area contributed by atoms with Gasteiger partial charge in [0, 0.05) is 35.2 Å². The van der Waals surface area contributed by atoms with E-state index in [2.05, 4.69) is 25.2 Å². The molecule has 150 valence electrons. The summed E-state index contributed by atoms with van der Waals surface area (Å²) in [7, 11) is 0. The average Bonchev–Trinajstić information content (AvgIpc) is 3.31. The lowest BCUT2D eigenvalue weighted by molar-refractivity contribution is -0.143. The van der Waals surface area contributed by atoms with E-state index in [4.69, 9.17) is 9.47 Å². The molecule has 2 aliphatic heterocycles. The molecule has 0 saturated carbocycles. The largest absolute Gasteiger partial charge is 0.460 e. The van der Waals surface area contributed by atoms with Crippen molar-refractivity contribution in [3.05, 3.63) is 45.4 Å². The van der Waals surface area contributed by atoms with Gasteiger partial charge in [-0.25, -0.2) is 4.79 Å². The molecule has 1 saturated heterocycles. The second kappa shape index (κ2) is 7.48. The van der Waals surface area contributed by atoms with E-state index in [-0.39, 0.29) is 41.7 Å². The molecule has 0 radical (unpaired) electrons. The molecule has 3 heterocycles. The van der Waals surface area contributed by atoms with Gasteiger partial charge >= 0.3 is 5.97 Å². The van der Waals surface area contributed by atoms with Gasteiger partial charge in [-0.3, -0.25) is 4.79 Å². The molecule has 1 aliphatic carbocycles. The number of hydrogen-bond acceptors (Lipinski definition) is 6. The summed E-state index contributed by atoms with van der Waals surface area (Å²) in [4.78, 5) is 27.2. The first-order chi connectivity index (χ1) is 13.4. The van der Waals surface area contributed by atoms with Crippen molar-refractivity contribution in [2.75, 3.05) is 13.2 Å². The van der Waals surface area contributed by atoms with Crippen molar-refractivity contribution in [3.63, 3.8) is 0 Å². The highest BCUT2D eigenvalue weighted by molar-refractivity contribution is 7.10. The number of carbonyl (C=O) groups is 2. The zero-order valence-electron chi connectivity index (χ0n) is 16.6. The number of carbonyl (C=O) groups excluding carboxylic acids is 2. The maximum Gasteiger partial charge on any atom is 0.336 e. The maximum absolute atomic E-state index is 13.1. The summed E-state index contributed by atoms with van der Waals surface area (Å²) in [6.45, 7) is 7.03. The van der Waals surface area contributed by atoms with Crippen molar-refractivity contribution in [1.82, 2.24) is 5.32 Å². The average molecular weight is 402 g/mol. The Bertz CT molecular complexity index is 831. The van der Waals surface area contributed by atoms with E-state index in [1.807, 2.05) is 24.4 Å². The molecule has 1 N–H and O–H groups in total. The van der Waals surface area contributed by atoms with Crippen molar-refractivity contribution in [2.24, 2.45) is 11.3 Å². The number of thiophene rings is 1. The standard InChI is InChI=1S/C22H27NO4S/c1-13-18(21(25)27-12-14-6-4-8-26-14)20(17-7-5-9-28-17)19-15(23-13)10-22(2,3)11-16(19)24/h5,7,9-10,14,19-20,23H,4,6,8,11-12H2,1-3H3. The molecule has 0 bridgehead atoms. The van der Waals surface area contributed by atoms with Gasteiger partial charge in [0.25, 0.3) is 0 Å². The molecule has 6 heteroatoms. The third-order valence-electron chi connectivity index (χ3n) is 5.73. The van der Waals surface area contributed by atoms with Gasteiger partial charge in [0.15, 0.2) is 0 Å². The van der Waals surface area contributed by atoms with Crippen LogP contribution in [0.1, 0.15) is 50.8 Å². The monoisotopic (exact) mass is 401 g/mol. The molecule has 0 aromatic carbocycles. The SMILES string of the molecule is CC1=C(C(=O)OCC2CCCO2)C(c2cccs2)C2C(=O)CC(C)(C)C=C2N1. The molecule has 3 aliphatic rings. The summed E-state index contributed by atoms with van der Waals surface area (Å²) in [5, 5.41) is 5.34. The minimum Gasteiger partial charge on any atom is -0.460 e. The topological polar surface area (TPSA) is 64.6 Å². The number of ether oxygens (including phenoxy) is 2. The van der Waals surface area contributed by atoms with Crippen LogP contribution in [-0.4, -0.2) is 31.1 Å². The molecule has 1 fully saturated rings. The van der Waals surface area contributed by atoms with Crippen LogP contribution in [0.5, 0.6) is 0 Å². The van der Waals surface area contributed by atoms with Crippen molar-refractivity contribution in [1.29, 1.82) is 0 Å². The first-order valence-electron chi connectivity index (χ1n) is 9.91. The van der Waals surface area contributed by atoms with Gasteiger partial charge < -0.3 is 14.8 Å². The third-order valence-corrected chi connectivity index (χ3v) is 6.69. The molecule has 0 spiro atoms. The van der Waals surface area contributed by atoms with Crippen molar-refractivity contribution < 1.29 is 19.1 Å². The van der Waals surface area contributed by atoms with Crippen LogP contribution >= 0.6 is 11.3 Å². The highest BCUT2D eigenvalue weighted by Gasteiger charge is 2.46. The number of Topliss-reactive ketones (excluding diaryl/α,β-unsaturated/α-hetero) is 1. The lowest BCUT2D eigenvalue weighted by Crippen LogP contribution is -2.43. The number of allylic oxidation sites excluding steroid dienone is 3. The van der Waals surface area contributed by atoms with Crippen LogP contribution in [0.2, 0.25) is 0 Å². The molecule has 1 aromatic rings. The number of ketones is 1. The predicted octanol–water partition coefficient (Wildman–Crippen LogP) is 3.93. The molecular weight excluding hydrogens is 374 g/mol. The fraction of sp³-hybridized carbons (Fsp3) is 0.545. The van der Waals surface area contributed by atoms with Gasteiger partial charge in [-0.1, -0.05) is 26.0 Å². The van der Waals surface area contributed by atoms with Crippen molar-refractivity contribution in [2.45, 2.75) is 52.1 Å². The van der Waals surface area contributed by atoms with E-state index < -0.39 is 0 Å². The van der Waals surface area contributed by atoms with E-state index in [0.717, 1.165) is 35.7 Å². The molecule has 4 rings (SSSR count). The number of nitrogens with one attached hydrogen (secondary N) is 1. The van der Waals surface area contributed by atoms with E-state index >= 15 is 0 Å². The van der Waals surface area contributed by atoms with Crippen molar-refractivity contribution >= 4 is 23.1 Å². The van der Waals surface area contributed by atoms with E-state index in [0.29, 0.717) is 12.0 Å². The second-order valence-electron chi connectivity index (χ2n) is 8.60. The minimum absolute atomic E-state index is 0.0193. The molecule has 3 unspecified atom stereocenters. The molecule has 1 aromatic heterocycles. The van der Waals surface area contributed by atoms with Gasteiger partial charge in [-0.15, -0.1) is 11.3 Å². The van der Waals surface area contributed by atoms with Crippen LogP contribution in [-0.2, 0) is 19.1 Å². The Morgan fingerprint density at radius 1 is 1.39 bits per heavy atom. The Morgan fingerprint density at radius 2 is 2.21 bits per heavy atom. The summed E-state index contributed by atoms with van der Waals surface area (Å²) in [5.41, 5.74) is 2.06. The number of esters is 1. The van der Waals surface area contributed by atoms with Crippen molar-refractivity contribution in [3.8, 4) is 0 Å². The smallest absolute Gasteiger partial charge is 0.336 e. The summed E-state index contributed by atoms with van der Waals surface area (Å²) in [6, 6.07) is 3.97. The van der Waals surface area contributed by atoms with E-state index in [1.165, 1.54) is 0 Å². The minimum atomic E-state index is -0.361. The van der Waals surface area contributed by atoms with Gasteiger partial charge in [0.1, 0.15) is 12.4 Å². The zero-order valence-corrected chi connectivity index (χ0v) is 17.4. The third kappa shape index (κ3) is 3.67. The van der Waals surface area contributed by atoms with Crippen LogP contribution in [0.4, 0.5) is 0 Å². The van der Waals surface area contributed by atoms with Gasteiger partial charge in [0.05, 0.1) is 17.6 Å². The lowest BCUT2D eigenvalue weighted by atomic mass is 9.68. The molecule has 28 heavy (non-hydrogen) atoms. The molecule has 5 nitrogen and oxygen atoms in total. The van der Waals surface area contributed by atoms with Crippen LogP contribution < -0.4 is 5.32 Å². The first kappa shape index (κ1) is 19.4. The second-order valence-corrected chi connectivity index (χ2v) is 9.58. The Labute approximate surface area is 169 Å². The Balaban J connectivity index is 1.69. The number of rotatable bonds is 4. The summed E-state index contributed by atoms with van der Waals surface area (Å²) in [6.07, 6.45) is 4.53. The van der Waals surface area contributed by atoms with E-state index in [9.17, 15) is 9.59 Å². The van der Waals surface area contributed by atoms with Crippen LogP contribution in [0.15, 0.2) is 40.6 Å². The highest BCUT2D eigenvalue weighted by Crippen LogP contribution is 2.47. The lowest BCUT2D eigenvalue weighted by Gasteiger charge is -2.41. The Morgan fingerprint density at radius 3 is 2.89 bits per heavy atom. The van der Waals surface area contributed by atoms with Crippen LogP contribution in [0.25, 0.3) is 0 Å². The molecule has 0 amide bonds. The summed E-state index contributed by atoms with van der Waals surface area (Å²) in [5.74, 6) is -0.838. The molecular formula is C22H27NO4S. The Hall–Kier alpha value is -1.92. The quantitative estimate of drug-likeness (QED) is 0.775. The van der Waals surface area contributed by atoms with Gasteiger partial charge in [0.2, 0.25) is 0 Å². The maximum atomic E-state index is 13.1. The molecule has 3 atom stereocenters. The number of hydrogen-bond donors (Lipinski definition) is 1. The van der Waals surface area contributed by atoms with Crippen LogP contribution in [0, 0.1) is 11.3 Å². The zero-order chi connectivity index (χ0) is 19.9. The normalized spacial score (nSPS) is 29.2. The highest BCUT2D eigenvalue weighted by atomic mass is 32.1.